The van der Waals surface area contributed by atoms with E-state index in [-0.39, 0.29) is 11.7 Å². The van der Waals surface area contributed by atoms with Crippen molar-refractivity contribution in [2.75, 3.05) is 23.4 Å². The molecule has 2 N–H and O–H groups in total. The van der Waals surface area contributed by atoms with Gasteiger partial charge in [-0.15, -0.1) is 10.2 Å². The molecule has 6 nitrogen and oxygen atoms in total. The van der Waals surface area contributed by atoms with E-state index < -0.39 is 0 Å². The molecular weight excluding hydrogens is 308 g/mol. The van der Waals surface area contributed by atoms with Crippen LogP contribution in [0.2, 0.25) is 0 Å². The number of anilines is 2. The zero-order chi connectivity index (χ0) is 15.2. The number of aromatic nitrogens is 2. The zero-order valence-corrected chi connectivity index (χ0v) is 13.2. The van der Waals surface area contributed by atoms with Crippen LogP contribution in [0, 0.1) is 0 Å². The maximum atomic E-state index is 12.1. The highest BCUT2D eigenvalue weighted by Crippen LogP contribution is 2.25. The van der Waals surface area contributed by atoms with Gasteiger partial charge in [0.1, 0.15) is 0 Å². The minimum absolute atomic E-state index is 0.00980. The SMILES string of the molecule is CNc1nnc(SCC(=O)c2ccc(NC(C)=O)cc2)s1. The van der Waals surface area contributed by atoms with Crippen molar-refractivity contribution in [3.05, 3.63) is 29.8 Å². The molecule has 2 rings (SSSR count). The fourth-order valence-corrected chi connectivity index (χ4v) is 3.12. The van der Waals surface area contributed by atoms with E-state index in [1.165, 1.54) is 30.0 Å². The molecule has 0 aliphatic carbocycles. The van der Waals surface area contributed by atoms with Crippen LogP contribution in [-0.4, -0.2) is 34.7 Å². The van der Waals surface area contributed by atoms with Gasteiger partial charge in [-0.3, -0.25) is 9.59 Å². The van der Waals surface area contributed by atoms with Crippen LogP contribution in [0.3, 0.4) is 0 Å². The maximum absolute atomic E-state index is 12.1. The first-order valence-electron chi connectivity index (χ1n) is 6.13. The molecule has 1 heterocycles. The second-order valence-corrected chi connectivity index (χ2v) is 6.29. The first-order chi connectivity index (χ1) is 10.1. The largest absolute Gasteiger partial charge is 0.363 e. The molecule has 0 saturated heterocycles. The van der Waals surface area contributed by atoms with Gasteiger partial charge in [0.15, 0.2) is 10.1 Å². The summed E-state index contributed by atoms with van der Waals surface area (Å²) in [7, 11) is 1.77. The van der Waals surface area contributed by atoms with Gasteiger partial charge in [-0.05, 0) is 24.3 Å². The third-order valence-corrected chi connectivity index (χ3v) is 4.55. The van der Waals surface area contributed by atoms with E-state index in [4.69, 9.17) is 0 Å². The van der Waals surface area contributed by atoms with Gasteiger partial charge in [-0.2, -0.15) is 0 Å². The highest BCUT2D eigenvalue weighted by molar-refractivity contribution is 8.01. The molecule has 0 radical (unpaired) electrons. The Morgan fingerprint density at radius 2 is 1.95 bits per heavy atom. The van der Waals surface area contributed by atoms with Crippen LogP contribution in [0.5, 0.6) is 0 Å². The van der Waals surface area contributed by atoms with Gasteiger partial charge in [0.2, 0.25) is 11.0 Å². The second-order valence-electron chi connectivity index (χ2n) is 4.09. The molecule has 110 valence electrons. The summed E-state index contributed by atoms with van der Waals surface area (Å²) < 4.78 is 0.752. The molecule has 1 aromatic heterocycles. The molecule has 1 aromatic carbocycles. The topological polar surface area (TPSA) is 84.0 Å². The zero-order valence-electron chi connectivity index (χ0n) is 11.5. The van der Waals surface area contributed by atoms with Gasteiger partial charge in [-0.25, -0.2) is 0 Å². The fourth-order valence-electron chi connectivity index (χ4n) is 1.52. The summed E-state index contributed by atoms with van der Waals surface area (Å²) in [6, 6.07) is 6.83. The lowest BCUT2D eigenvalue weighted by Crippen LogP contribution is -2.06. The van der Waals surface area contributed by atoms with E-state index in [1.54, 1.807) is 31.3 Å². The molecule has 0 aliphatic heterocycles. The van der Waals surface area contributed by atoms with Crippen LogP contribution < -0.4 is 10.6 Å². The minimum Gasteiger partial charge on any atom is -0.363 e. The average molecular weight is 322 g/mol. The molecule has 2 aromatic rings. The molecule has 0 saturated carbocycles. The van der Waals surface area contributed by atoms with Gasteiger partial charge in [-0.1, -0.05) is 23.1 Å². The van der Waals surface area contributed by atoms with Crippen molar-refractivity contribution in [3.8, 4) is 0 Å². The first-order valence-corrected chi connectivity index (χ1v) is 7.93. The number of nitrogens with one attached hydrogen (secondary N) is 2. The fraction of sp³-hybridized carbons (Fsp3) is 0.231. The Balaban J connectivity index is 1.92. The van der Waals surface area contributed by atoms with Crippen LogP contribution in [0.15, 0.2) is 28.6 Å². The summed E-state index contributed by atoms with van der Waals surface area (Å²) in [5, 5.41) is 14.2. The maximum Gasteiger partial charge on any atom is 0.221 e. The molecule has 1 amide bonds. The molecule has 0 aliphatic rings. The Bertz CT molecular complexity index is 640. The highest BCUT2D eigenvalue weighted by Gasteiger charge is 2.10. The number of carbonyl (C=O) groups is 2. The molecule has 21 heavy (non-hydrogen) atoms. The standard InChI is InChI=1S/C13H14N4O2S2/c1-8(18)15-10-5-3-9(4-6-10)11(19)7-20-13-17-16-12(14-2)21-13/h3-6H,7H2,1-2H3,(H,14,16)(H,15,18). The number of hydrogen-bond acceptors (Lipinski definition) is 7. The predicted molar refractivity (Wildman–Crippen MR) is 85.3 cm³/mol. The van der Waals surface area contributed by atoms with Crippen LogP contribution in [0.1, 0.15) is 17.3 Å². The molecule has 8 heteroatoms. The quantitative estimate of drug-likeness (QED) is 0.628. The van der Waals surface area contributed by atoms with E-state index in [0.717, 1.165) is 9.47 Å². The Kier molecular flexibility index (Phi) is 5.29. The van der Waals surface area contributed by atoms with Crippen molar-refractivity contribution in [2.45, 2.75) is 11.3 Å². The van der Waals surface area contributed by atoms with Crippen LogP contribution >= 0.6 is 23.1 Å². The van der Waals surface area contributed by atoms with Crippen molar-refractivity contribution in [3.63, 3.8) is 0 Å². The van der Waals surface area contributed by atoms with Crippen LogP contribution in [0.4, 0.5) is 10.8 Å². The van der Waals surface area contributed by atoms with Crippen molar-refractivity contribution in [1.29, 1.82) is 0 Å². The lowest BCUT2D eigenvalue weighted by Gasteiger charge is -2.03. The lowest BCUT2D eigenvalue weighted by molar-refractivity contribution is -0.114. The Labute approximate surface area is 130 Å². The third kappa shape index (κ3) is 4.54. The van der Waals surface area contributed by atoms with Crippen molar-refractivity contribution >= 4 is 45.6 Å². The minimum atomic E-state index is -0.138. The summed E-state index contributed by atoms with van der Waals surface area (Å²) in [5.41, 5.74) is 1.28. The molecular formula is C13H14N4O2S2. The number of thioether (sulfide) groups is 1. The van der Waals surface area contributed by atoms with E-state index in [1.807, 2.05) is 0 Å². The van der Waals surface area contributed by atoms with Gasteiger partial charge in [0.25, 0.3) is 0 Å². The number of Topliss-reactive ketones (excluding diaryl/α,β-unsaturated/α-hetero) is 1. The lowest BCUT2D eigenvalue weighted by atomic mass is 10.1. The number of ketones is 1. The highest BCUT2D eigenvalue weighted by atomic mass is 32.2. The van der Waals surface area contributed by atoms with E-state index in [2.05, 4.69) is 20.8 Å². The summed E-state index contributed by atoms with van der Waals surface area (Å²) in [6.07, 6.45) is 0. The van der Waals surface area contributed by atoms with Gasteiger partial charge in [0, 0.05) is 25.2 Å². The Hall–Kier alpha value is -1.93. The van der Waals surface area contributed by atoms with Crippen LogP contribution in [-0.2, 0) is 4.79 Å². The summed E-state index contributed by atoms with van der Waals surface area (Å²) in [5.74, 6) is 0.175. The average Bonchev–Trinajstić information content (AvgIpc) is 2.93. The molecule has 0 spiro atoms. The van der Waals surface area contributed by atoms with Gasteiger partial charge in [0.05, 0.1) is 5.75 Å². The number of hydrogen-bond donors (Lipinski definition) is 2. The molecule has 0 fully saturated rings. The van der Waals surface area contributed by atoms with Crippen molar-refractivity contribution in [1.82, 2.24) is 10.2 Å². The van der Waals surface area contributed by atoms with Crippen LogP contribution in [0.25, 0.3) is 0 Å². The molecule has 0 atom stereocenters. The van der Waals surface area contributed by atoms with Crippen molar-refractivity contribution < 1.29 is 9.59 Å². The third-order valence-electron chi connectivity index (χ3n) is 2.47. The Morgan fingerprint density at radius 1 is 1.24 bits per heavy atom. The Morgan fingerprint density at radius 3 is 2.52 bits per heavy atom. The van der Waals surface area contributed by atoms with E-state index in [0.29, 0.717) is 17.0 Å². The number of nitrogens with zero attached hydrogens (tertiary/aromatic N) is 2. The molecule has 0 unspecified atom stereocenters. The van der Waals surface area contributed by atoms with Gasteiger partial charge < -0.3 is 10.6 Å². The second kappa shape index (κ2) is 7.19. The summed E-state index contributed by atoms with van der Waals surface area (Å²) in [4.78, 5) is 23.0. The van der Waals surface area contributed by atoms with Gasteiger partial charge >= 0.3 is 0 Å². The number of benzene rings is 1. The predicted octanol–water partition coefficient (Wildman–Crippen LogP) is 2.51. The smallest absolute Gasteiger partial charge is 0.221 e. The van der Waals surface area contributed by atoms with E-state index in [9.17, 15) is 9.59 Å². The number of amides is 1. The number of rotatable bonds is 6. The monoisotopic (exact) mass is 322 g/mol. The summed E-state index contributed by atoms with van der Waals surface area (Å²) in [6.45, 7) is 1.44. The number of carbonyl (C=O) groups excluding carboxylic acids is 2. The van der Waals surface area contributed by atoms with Crippen molar-refractivity contribution in [2.24, 2.45) is 0 Å². The normalized spacial score (nSPS) is 10.2. The summed E-state index contributed by atoms with van der Waals surface area (Å²) >= 11 is 2.77. The van der Waals surface area contributed by atoms with E-state index >= 15 is 0 Å². The first kappa shape index (κ1) is 15.5. The molecule has 0 bridgehead atoms.